The maximum atomic E-state index is 3.38. The summed E-state index contributed by atoms with van der Waals surface area (Å²) in [6.07, 6.45) is 6.77. The van der Waals surface area contributed by atoms with Gasteiger partial charge in [0.15, 0.2) is 0 Å². The predicted octanol–water partition coefficient (Wildman–Crippen LogP) is 4.63. The van der Waals surface area contributed by atoms with E-state index in [-0.39, 0.29) is 752 Å². The van der Waals surface area contributed by atoms with E-state index in [1.54, 1.807) is 0 Å². The second kappa shape index (κ2) is 102. The number of benzene rings is 2. The number of allylic oxidation sites excluding steroid dienone is 3. The van der Waals surface area contributed by atoms with Gasteiger partial charge in [-0.25, -0.2) is 12.1 Å². The number of rotatable bonds is 5. The summed E-state index contributed by atoms with van der Waals surface area (Å²) in [7, 11) is 3.97. The average molecular weight is 2360 g/mol. The molecule has 0 saturated heterocycles. The maximum absolute atomic E-state index is 3.38. The van der Waals surface area contributed by atoms with Crippen molar-refractivity contribution in [2.45, 2.75) is 20.8 Å². The molecular formula is C22H23N2Y23-3. The molecule has 25 heteroatoms. The molecule has 0 saturated carbocycles. The third-order valence-electron chi connectivity index (χ3n) is 3.90. The average Bonchev–Trinajstić information content (AvgIpc) is 2.62. The van der Waals surface area contributed by atoms with Crippen molar-refractivity contribution >= 4 is 17.6 Å². The minimum atomic E-state index is 0. The SMILES string of the molecule is CC(=[C-]N(C)c1[c-]cccc1)/C(C)=C(/C)[C-]=[N+](C)c1[c-]cccc1.[Y].[Y].[Y].[Y].[Y].[Y].[Y].[Y].[Y].[Y].[Y].[Y].[Y].[Y].[Y].[Y].[Y].[Y].[Y].[Y].[Y].[Y].[Y]. The van der Waals surface area contributed by atoms with E-state index in [0.29, 0.717) is 0 Å². The van der Waals surface area contributed by atoms with E-state index in [4.69, 9.17) is 0 Å². The fraction of sp³-hybridized carbons (Fsp3) is 0.227. The van der Waals surface area contributed by atoms with Crippen LogP contribution in [0, 0.1) is 18.3 Å². The molecule has 0 spiro atoms. The Morgan fingerprint density at radius 3 is 1.17 bits per heavy atom. The summed E-state index contributed by atoms with van der Waals surface area (Å²) in [5.74, 6) is 0. The number of para-hydroxylation sites is 2. The number of anilines is 1. The normalized spacial score (nSPS) is 6.91. The molecule has 2 nitrogen and oxygen atoms in total. The molecule has 0 atom stereocenters. The Balaban J connectivity index is -0.0000000136. The largest absolute Gasteiger partial charge is 0.479 e. The Bertz CT molecular complexity index is 800. The monoisotopic (exact) mass is 2360 g/mol. The van der Waals surface area contributed by atoms with Crippen molar-refractivity contribution in [1.82, 2.24) is 0 Å². The van der Waals surface area contributed by atoms with Crippen LogP contribution in [-0.2, 0) is 752 Å². The fourth-order valence-corrected chi connectivity index (χ4v) is 2.26. The van der Waals surface area contributed by atoms with Crippen molar-refractivity contribution < 1.29 is 757 Å². The van der Waals surface area contributed by atoms with Gasteiger partial charge in [0.1, 0.15) is 13.3 Å². The first-order valence-corrected chi connectivity index (χ1v) is 7.94. The van der Waals surface area contributed by atoms with Crippen LogP contribution in [0.15, 0.2) is 65.3 Å². The molecule has 0 fully saturated rings. The second-order valence-electron chi connectivity index (χ2n) is 5.71. The van der Waals surface area contributed by atoms with E-state index in [1.165, 1.54) is 0 Å². The van der Waals surface area contributed by atoms with Crippen molar-refractivity contribution in [3.05, 3.63) is 83.6 Å². The van der Waals surface area contributed by atoms with Crippen LogP contribution in [0.4, 0.5) is 11.4 Å². The predicted molar refractivity (Wildman–Crippen MR) is 101 cm³/mol. The standard InChI is InChI=1S/C22H23N2.23Y/c1-18(16-23(4)21-12-8-6-9-13-21)20(3)19(2)17-24(5)22-14-10-7-11-15-22;;;;;;;;;;;;;;;;;;;;;;;/h6-12,14H,1-5H3;;;;;;;;;;;;;;;;;;;;;;;/q-3;;;;;;;;;;;;;;;;;;;;;;;/b20-18-;;;;;;;;;;;;;;;;;;;;;;;. The summed E-state index contributed by atoms with van der Waals surface area (Å²) in [4.78, 5) is 1.96. The zero-order chi connectivity index (χ0) is 17.5. The van der Waals surface area contributed by atoms with Crippen LogP contribution >= 0.6 is 0 Å². The molecule has 193 valence electrons. The van der Waals surface area contributed by atoms with Crippen LogP contribution in [0.5, 0.6) is 0 Å². The molecule has 2 rings (SSSR count). The molecular weight excluding hydrogens is 2340 g/mol. The molecule has 0 unspecified atom stereocenters. The Morgan fingerprint density at radius 1 is 0.532 bits per heavy atom. The van der Waals surface area contributed by atoms with Crippen LogP contribution in [-0.4, -0.2) is 24.9 Å². The van der Waals surface area contributed by atoms with E-state index in [1.807, 2.05) is 72.1 Å². The van der Waals surface area contributed by atoms with Gasteiger partial charge in [0.05, 0.1) is 0 Å². The summed E-state index contributed by atoms with van der Waals surface area (Å²) in [6, 6.07) is 22.2. The van der Waals surface area contributed by atoms with Gasteiger partial charge >= 0.3 is 0 Å². The van der Waals surface area contributed by atoms with Gasteiger partial charge in [0, 0.05) is 752 Å². The van der Waals surface area contributed by atoms with Gasteiger partial charge in [-0.3, -0.25) is 0 Å². The Kier molecular flexibility index (Phi) is 312. The third kappa shape index (κ3) is 77.8. The Morgan fingerprint density at radius 2 is 0.872 bits per heavy atom. The summed E-state index contributed by atoms with van der Waals surface area (Å²) >= 11 is 0. The molecule has 0 amide bonds. The molecule has 0 aliphatic rings. The first-order chi connectivity index (χ1) is 11.5. The van der Waals surface area contributed by atoms with Gasteiger partial charge in [0.2, 0.25) is 0 Å². The Labute approximate surface area is 867 Å². The number of hydrogen-bond acceptors (Lipinski definition) is 1. The number of hydrogen-bond donors (Lipinski definition) is 0. The van der Waals surface area contributed by atoms with Crippen LogP contribution in [0.25, 0.3) is 0 Å². The van der Waals surface area contributed by atoms with Crippen molar-refractivity contribution in [2.24, 2.45) is 0 Å². The second-order valence-corrected chi connectivity index (χ2v) is 5.71. The van der Waals surface area contributed by atoms with Crippen molar-refractivity contribution in [2.75, 3.05) is 19.0 Å². The Hall–Kier alpha value is 22.8. The molecule has 0 aliphatic carbocycles. The summed E-state index contributed by atoms with van der Waals surface area (Å²) in [5.41, 5.74) is 5.29. The molecule has 0 bridgehead atoms. The zero-order valence-corrected chi connectivity index (χ0v) is 93.6. The van der Waals surface area contributed by atoms with Crippen molar-refractivity contribution in [3.8, 4) is 0 Å². The minimum absolute atomic E-state index is 0. The molecule has 0 N–H and O–H groups in total. The van der Waals surface area contributed by atoms with Gasteiger partial charge in [-0.05, 0) is 12.7 Å². The third-order valence-corrected chi connectivity index (χ3v) is 3.90. The van der Waals surface area contributed by atoms with Gasteiger partial charge in [-0.1, -0.05) is 26.3 Å². The molecule has 0 heterocycles. The summed E-state index contributed by atoms with van der Waals surface area (Å²) in [5, 5.41) is 0. The molecule has 0 aliphatic heterocycles. The molecule has 23 radical (unpaired) electrons. The summed E-state index contributed by atoms with van der Waals surface area (Å²) in [6.45, 7) is 6.22. The van der Waals surface area contributed by atoms with E-state index < -0.39 is 0 Å². The topological polar surface area (TPSA) is 6.25 Å². The van der Waals surface area contributed by atoms with E-state index >= 15 is 0 Å². The maximum Gasteiger partial charge on any atom is 0.115 e. The van der Waals surface area contributed by atoms with Crippen LogP contribution in [0.2, 0.25) is 0 Å². The fourth-order valence-electron chi connectivity index (χ4n) is 2.26. The van der Waals surface area contributed by atoms with Gasteiger partial charge < -0.3 is 9.48 Å². The smallest absolute Gasteiger partial charge is 0.115 e. The molecule has 0 aromatic heterocycles. The molecule has 47 heavy (non-hydrogen) atoms. The summed E-state index contributed by atoms with van der Waals surface area (Å²) < 4.78 is 1.96. The molecule has 2 aromatic carbocycles. The first-order valence-electron chi connectivity index (χ1n) is 7.94. The van der Waals surface area contributed by atoms with Crippen molar-refractivity contribution in [3.63, 3.8) is 0 Å². The first kappa shape index (κ1) is 145. The van der Waals surface area contributed by atoms with Gasteiger partial charge in [-0.15, -0.1) is 17.3 Å². The van der Waals surface area contributed by atoms with Gasteiger partial charge in [0.25, 0.3) is 0 Å². The number of nitrogens with zero attached hydrogens (tertiary/aromatic N) is 2. The minimum Gasteiger partial charge on any atom is -0.479 e. The van der Waals surface area contributed by atoms with Crippen LogP contribution in [0.1, 0.15) is 20.8 Å². The van der Waals surface area contributed by atoms with E-state index in [9.17, 15) is 0 Å². The van der Waals surface area contributed by atoms with Crippen LogP contribution in [0.3, 0.4) is 0 Å². The molecule has 2 aromatic rings. The van der Waals surface area contributed by atoms with Gasteiger partial charge in [-0.2, -0.15) is 54.2 Å². The van der Waals surface area contributed by atoms with E-state index in [2.05, 4.69) is 45.3 Å². The quantitative estimate of drug-likeness (QED) is 0.140. The van der Waals surface area contributed by atoms with E-state index in [0.717, 1.165) is 28.1 Å². The van der Waals surface area contributed by atoms with Crippen molar-refractivity contribution in [1.29, 1.82) is 0 Å². The van der Waals surface area contributed by atoms with Crippen LogP contribution < -0.4 is 4.90 Å². The zero-order valence-electron chi connectivity index (χ0n) is 28.3.